The molecule has 0 N–H and O–H groups in total. The molecule has 0 spiro atoms. The fraction of sp³-hybridized carbons (Fsp3) is 0.278. The fourth-order valence-corrected chi connectivity index (χ4v) is 3.10. The van der Waals surface area contributed by atoms with E-state index in [4.69, 9.17) is 11.6 Å². The van der Waals surface area contributed by atoms with Crippen LogP contribution in [0.1, 0.15) is 29.4 Å². The second kappa shape index (κ2) is 5.90. The van der Waals surface area contributed by atoms with E-state index in [0.717, 1.165) is 23.4 Å². The van der Waals surface area contributed by atoms with E-state index in [9.17, 15) is 4.79 Å². The third-order valence-electron chi connectivity index (χ3n) is 4.18. The Bertz CT molecular complexity index is 638. The predicted molar refractivity (Wildman–Crippen MR) is 87.3 cm³/mol. The number of para-hydroxylation sites is 1. The molecule has 1 aliphatic carbocycles. The molecule has 0 amide bonds. The summed E-state index contributed by atoms with van der Waals surface area (Å²) in [5.41, 5.74) is 3.84. The number of hydrogen-bond donors (Lipinski definition) is 0. The van der Waals surface area contributed by atoms with Crippen molar-refractivity contribution in [2.75, 3.05) is 18.5 Å². The van der Waals surface area contributed by atoms with E-state index in [-0.39, 0.29) is 0 Å². The Morgan fingerprint density at radius 1 is 1.14 bits per heavy atom. The van der Waals surface area contributed by atoms with Gasteiger partial charge in [0.2, 0.25) is 0 Å². The average molecular weight is 300 g/mol. The summed E-state index contributed by atoms with van der Waals surface area (Å²) < 4.78 is 0. The summed E-state index contributed by atoms with van der Waals surface area (Å²) in [6.45, 7) is 0.426. The molecule has 2 atom stereocenters. The lowest BCUT2D eigenvalue weighted by Crippen LogP contribution is -2.20. The third-order valence-corrected chi connectivity index (χ3v) is 4.44. The van der Waals surface area contributed by atoms with Crippen LogP contribution in [0.4, 0.5) is 5.69 Å². The number of anilines is 1. The first-order valence-corrected chi connectivity index (χ1v) is 7.57. The van der Waals surface area contributed by atoms with Gasteiger partial charge in [-0.3, -0.25) is 0 Å². The molecule has 21 heavy (non-hydrogen) atoms. The molecule has 1 saturated carbocycles. The minimum atomic E-state index is 0.426. The van der Waals surface area contributed by atoms with Crippen molar-refractivity contribution in [3.8, 4) is 0 Å². The first-order chi connectivity index (χ1) is 10.2. The van der Waals surface area contributed by atoms with Crippen LogP contribution in [0.3, 0.4) is 0 Å². The maximum absolute atomic E-state index is 10.7. The molecular weight excluding hydrogens is 282 g/mol. The number of likely N-dealkylation sites (N-methyl/N-ethyl adjacent to an activating group) is 1. The Hall–Kier alpha value is -1.80. The average Bonchev–Trinajstić information content (AvgIpc) is 3.29. The van der Waals surface area contributed by atoms with Crippen molar-refractivity contribution in [2.24, 2.45) is 0 Å². The minimum absolute atomic E-state index is 0.426. The molecule has 0 heterocycles. The lowest BCUT2D eigenvalue weighted by atomic mass is 10.0. The van der Waals surface area contributed by atoms with E-state index in [1.807, 2.05) is 30.1 Å². The summed E-state index contributed by atoms with van der Waals surface area (Å²) in [5, 5.41) is 0.780. The smallest absolute Gasteiger partial charge is 0.139 e. The fourth-order valence-electron chi connectivity index (χ4n) is 2.98. The van der Waals surface area contributed by atoms with Crippen LogP contribution in [-0.2, 0) is 4.79 Å². The van der Waals surface area contributed by atoms with Gasteiger partial charge in [0.05, 0.1) is 6.54 Å². The molecule has 0 saturated heterocycles. The van der Waals surface area contributed by atoms with Gasteiger partial charge in [-0.1, -0.05) is 41.9 Å². The summed E-state index contributed by atoms with van der Waals surface area (Å²) in [4.78, 5) is 12.8. The molecule has 2 aromatic rings. The lowest BCUT2D eigenvalue weighted by Gasteiger charge is -2.20. The van der Waals surface area contributed by atoms with Crippen LogP contribution in [0.15, 0.2) is 48.5 Å². The van der Waals surface area contributed by atoms with Crippen LogP contribution in [0.25, 0.3) is 0 Å². The summed E-state index contributed by atoms with van der Waals surface area (Å²) in [6.07, 6.45) is 2.11. The van der Waals surface area contributed by atoms with Crippen LogP contribution >= 0.6 is 11.6 Å². The van der Waals surface area contributed by atoms with Gasteiger partial charge in [-0.2, -0.15) is 0 Å². The lowest BCUT2D eigenvalue weighted by molar-refractivity contribution is -0.106. The first kappa shape index (κ1) is 14.2. The standard InChI is InChI=1S/C18H18ClNO/c1-20(10-11-21)18-5-3-2-4-15(18)17-12-16(17)13-6-8-14(19)9-7-13/h2-9,11,16-17H,10,12H2,1H3. The molecule has 1 aliphatic rings. The van der Waals surface area contributed by atoms with Gasteiger partial charge in [0.1, 0.15) is 6.29 Å². The van der Waals surface area contributed by atoms with Crippen molar-refractivity contribution in [3.63, 3.8) is 0 Å². The van der Waals surface area contributed by atoms with Gasteiger partial charge in [0, 0.05) is 17.8 Å². The molecule has 2 aromatic carbocycles. The monoisotopic (exact) mass is 299 g/mol. The van der Waals surface area contributed by atoms with Crippen molar-refractivity contribution in [2.45, 2.75) is 18.3 Å². The topological polar surface area (TPSA) is 20.3 Å². The van der Waals surface area contributed by atoms with Crippen molar-refractivity contribution >= 4 is 23.6 Å². The van der Waals surface area contributed by atoms with E-state index < -0.39 is 0 Å². The minimum Gasteiger partial charge on any atom is -0.367 e. The number of aldehydes is 1. The van der Waals surface area contributed by atoms with Gasteiger partial charge in [0.25, 0.3) is 0 Å². The summed E-state index contributed by atoms with van der Waals surface area (Å²) >= 11 is 5.95. The third kappa shape index (κ3) is 2.96. The Kier molecular flexibility index (Phi) is 3.98. The van der Waals surface area contributed by atoms with Crippen LogP contribution in [0.5, 0.6) is 0 Å². The van der Waals surface area contributed by atoms with E-state index >= 15 is 0 Å². The zero-order valence-corrected chi connectivity index (χ0v) is 12.8. The Balaban J connectivity index is 1.83. The molecule has 2 nitrogen and oxygen atoms in total. The summed E-state index contributed by atoms with van der Waals surface area (Å²) in [7, 11) is 1.97. The maximum Gasteiger partial charge on any atom is 0.139 e. The quantitative estimate of drug-likeness (QED) is 0.769. The summed E-state index contributed by atoms with van der Waals surface area (Å²) in [5.74, 6) is 1.10. The van der Waals surface area contributed by atoms with Crippen LogP contribution in [-0.4, -0.2) is 19.9 Å². The van der Waals surface area contributed by atoms with E-state index in [1.54, 1.807) is 0 Å². The molecule has 3 rings (SSSR count). The van der Waals surface area contributed by atoms with Crippen molar-refractivity contribution < 1.29 is 4.79 Å². The van der Waals surface area contributed by atoms with E-state index in [0.29, 0.717) is 18.4 Å². The summed E-state index contributed by atoms with van der Waals surface area (Å²) in [6, 6.07) is 16.5. The second-order valence-corrected chi connectivity index (χ2v) is 6.04. The number of hydrogen-bond acceptors (Lipinski definition) is 2. The Labute approximate surface area is 130 Å². The Morgan fingerprint density at radius 3 is 2.57 bits per heavy atom. The van der Waals surface area contributed by atoms with Crippen LogP contribution < -0.4 is 4.90 Å². The molecule has 2 unspecified atom stereocenters. The van der Waals surface area contributed by atoms with Gasteiger partial charge in [-0.25, -0.2) is 0 Å². The zero-order valence-electron chi connectivity index (χ0n) is 12.0. The zero-order chi connectivity index (χ0) is 14.8. The van der Waals surface area contributed by atoms with Gasteiger partial charge < -0.3 is 9.69 Å². The normalized spacial score (nSPS) is 20.1. The van der Waals surface area contributed by atoms with E-state index in [2.05, 4.69) is 30.3 Å². The highest BCUT2D eigenvalue weighted by atomic mass is 35.5. The highest BCUT2D eigenvalue weighted by Gasteiger charge is 2.40. The molecule has 0 aliphatic heterocycles. The number of carbonyl (C=O) groups excluding carboxylic acids is 1. The largest absolute Gasteiger partial charge is 0.367 e. The molecular formula is C18H18ClNO. The van der Waals surface area contributed by atoms with E-state index in [1.165, 1.54) is 11.1 Å². The molecule has 3 heteroatoms. The number of benzene rings is 2. The van der Waals surface area contributed by atoms with Gasteiger partial charge in [-0.05, 0) is 47.6 Å². The first-order valence-electron chi connectivity index (χ1n) is 7.20. The number of halogens is 1. The maximum atomic E-state index is 10.7. The Morgan fingerprint density at radius 2 is 1.86 bits per heavy atom. The molecule has 0 radical (unpaired) electrons. The van der Waals surface area contributed by atoms with Gasteiger partial charge >= 0.3 is 0 Å². The van der Waals surface area contributed by atoms with Gasteiger partial charge in [-0.15, -0.1) is 0 Å². The molecule has 108 valence electrons. The van der Waals surface area contributed by atoms with Crippen molar-refractivity contribution in [3.05, 3.63) is 64.7 Å². The van der Waals surface area contributed by atoms with Gasteiger partial charge in [0.15, 0.2) is 0 Å². The molecule has 1 fully saturated rings. The SMILES string of the molecule is CN(CC=O)c1ccccc1C1CC1c1ccc(Cl)cc1. The van der Waals surface area contributed by atoms with Crippen molar-refractivity contribution in [1.82, 2.24) is 0 Å². The highest BCUT2D eigenvalue weighted by molar-refractivity contribution is 6.30. The number of rotatable bonds is 5. The highest BCUT2D eigenvalue weighted by Crippen LogP contribution is 2.56. The van der Waals surface area contributed by atoms with Crippen LogP contribution in [0.2, 0.25) is 5.02 Å². The van der Waals surface area contributed by atoms with Crippen molar-refractivity contribution in [1.29, 1.82) is 0 Å². The number of carbonyl (C=O) groups is 1. The number of nitrogens with zero attached hydrogens (tertiary/aromatic N) is 1. The second-order valence-electron chi connectivity index (χ2n) is 5.61. The van der Waals surface area contributed by atoms with Crippen LogP contribution in [0, 0.1) is 0 Å². The predicted octanol–water partition coefficient (Wildman–Crippen LogP) is 4.25. The molecule has 0 aromatic heterocycles. The molecule has 0 bridgehead atoms.